The molecule has 46 valence electrons. The molecule has 2 saturated heterocycles. The average Bonchev–Trinajstić information content (AvgIpc) is 2.15. The van der Waals surface area contributed by atoms with Gasteiger partial charge < -0.3 is 10.1 Å². The monoisotopic (exact) mass is 113 g/mol. The molecule has 0 saturated carbocycles. The first-order chi connectivity index (χ1) is 3.97. The van der Waals surface area contributed by atoms with Crippen molar-refractivity contribution >= 4 is 0 Å². The third kappa shape index (κ3) is 0.565. The fraction of sp³-hybridized carbons (Fsp3) is 1.00. The van der Waals surface area contributed by atoms with Gasteiger partial charge in [0.05, 0.1) is 6.10 Å². The van der Waals surface area contributed by atoms with Crippen molar-refractivity contribution in [1.29, 1.82) is 0 Å². The van der Waals surface area contributed by atoms with Crippen LogP contribution in [0.3, 0.4) is 0 Å². The predicted molar refractivity (Wildman–Crippen MR) is 30.7 cm³/mol. The van der Waals surface area contributed by atoms with Gasteiger partial charge in [0.25, 0.3) is 0 Å². The molecule has 2 nitrogen and oxygen atoms in total. The van der Waals surface area contributed by atoms with Crippen molar-refractivity contribution in [3.8, 4) is 0 Å². The fourth-order valence-electron chi connectivity index (χ4n) is 1.56. The minimum Gasteiger partial charge on any atom is -0.377 e. The molecule has 0 aromatic carbocycles. The van der Waals surface area contributed by atoms with Gasteiger partial charge >= 0.3 is 0 Å². The van der Waals surface area contributed by atoms with E-state index in [1.54, 1.807) is 0 Å². The molecule has 0 aromatic rings. The predicted octanol–water partition coefficient (Wildman–Crippen LogP) is -0.00530. The first-order valence-electron chi connectivity index (χ1n) is 3.29. The number of rotatable bonds is 0. The zero-order chi connectivity index (χ0) is 5.40. The largest absolute Gasteiger partial charge is 0.377 e. The molecule has 0 radical (unpaired) electrons. The molecule has 0 spiro atoms. The third-order valence-electron chi connectivity index (χ3n) is 2.10. The second-order valence-corrected chi connectivity index (χ2v) is 2.62. The summed E-state index contributed by atoms with van der Waals surface area (Å²) in [6.45, 7) is 3.27. The zero-order valence-electron chi connectivity index (χ0n) is 4.89. The maximum atomic E-state index is 5.41. The van der Waals surface area contributed by atoms with E-state index in [2.05, 4.69) is 5.32 Å². The summed E-state index contributed by atoms with van der Waals surface area (Å²) in [5.41, 5.74) is 0. The Hall–Kier alpha value is -0.0800. The van der Waals surface area contributed by atoms with E-state index in [1.165, 1.54) is 13.0 Å². The highest BCUT2D eigenvalue weighted by Gasteiger charge is 2.31. The van der Waals surface area contributed by atoms with Gasteiger partial charge in [0.1, 0.15) is 0 Å². The lowest BCUT2D eigenvalue weighted by atomic mass is 10.1. The topological polar surface area (TPSA) is 21.3 Å². The van der Waals surface area contributed by atoms with Crippen LogP contribution in [0.1, 0.15) is 6.42 Å². The summed E-state index contributed by atoms with van der Waals surface area (Å²) in [4.78, 5) is 0. The van der Waals surface area contributed by atoms with E-state index in [-0.39, 0.29) is 0 Å². The van der Waals surface area contributed by atoms with Crippen LogP contribution in [-0.4, -0.2) is 25.8 Å². The standard InChI is InChI=1S/C6H11NO/c1-2-8-6-4-7-3-5(1)6/h5-7H,1-4H2/t5-,6-/m0/s1. The highest BCUT2D eigenvalue weighted by Crippen LogP contribution is 2.22. The summed E-state index contributed by atoms with van der Waals surface area (Å²) in [6.07, 6.45) is 1.84. The molecular weight excluding hydrogens is 102 g/mol. The van der Waals surface area contributed by atoms with Gasteiger partial charge in [0.15, 0.2) is 0 Å². The lowest BCUT2D eigenvalue weighted by molar-refractivity contribution is 0.112. The van der Waals surface area contributed by atoms with Gasteiger partial charge in [-0.15, -0.1) is 0 Å². The van der Waals surface area contributed by atoms with E-state index in [0.29, 0.717) is 6.10 Å². The van der Waals surface area contributed by atoms with E-state index in [4.69, 9.17) is 4.74 Å². The second-order valence-electron chi connectivity index (χ2n) is 2.62. The molecule has 2 atom stereocenters. The minimum absolute atomic E-state index is 0.565. The van der Waals surface area contributed by atoms with Crippen LogP contribution in [0.25, 0.3) is 0 Å². The molecule has 0 bridgehead atoms. The van der Waals surface area contributed by atoms with E-state index < -0.39 is 0 Å². The Bertz CT molecular complexity index is 74.5. The average molecular weight is 113 g/mol. The number of nitrogens with one attached hydrogen (secondary N) is 1. The summed E-state index contributed by atoms with van der Waals surface area (Å²) in [7, 11) is 0. The minimum atomic E-state index is 0.565. The van der Waals surface area contributed by atoms with Gasteiger partial charge in [-0.1, -0.05) is 0 Å². The Morgan fingerprint density at radius 2 is 2.38 bits per heavy atom. The number of hydrogen-bond acceptors (Lipinski definition) is 2. The van der Waals surface area contributed by atoms with Gasteiger partial charge in [-0.05, 0) is 6.42 Å². The molecule has 0 amide bonds. The molecule has 2 aliphatic heterocycles. The van der Waals surface area contributed by atoms with Crippen LogP contribution in [0.5, 0.6) is 0 Å². The van der Waals surface area contributed by atoms with Crippen LogP contribution in [0.2, 0.25) is 0 Å². The molecule has 2 fully saturated rings. The van der Waals surface area contributed by atoms with Crippen molar-refractivity contribution in [3.05, 3.63) is 0 Å². The molecule has 2 heteroatoms. The molecule has 0 aromatic heterocycles. The lowest BCUT2D eigenvalue weighted by Gasteiger charge is -2.02. The SMILES string of the molecule is C1C[C@H]2CNC[C@@H]2O1. The molecular formula is C6H11NO. The third-order valence-corrected chi connectivity index (χ3v) is 2.10. The Balaban J connectivity index is 2.04. The van der Waals surface area contributed by atoms with Crippen LogP contribution in [0.15, 0.2) is 0 Å². The summed E-state index contributed by atoms with van der Waals surface area (Å²) < 4.78 is 5.41. The van der Waals surface area contributed by atoms with Crippen LogP contribution < -0.4 is 5.32 Å². The Kier molecular flexibility index (Phi) is 1.02. The van der Waals surface area contributed by atoms with Crippen molar-refractivity contribution in [1.82, 2.24) is 5.32 Å². The summed E-state index contributed by atoms with van der Waals surface area (Å²) in [5, 5.41) is 3.30. The second kappa shape index (κ2) is 1.71. The molecule has 2 rings (SSSR count). The van der Waals surface area contributed by atoms with E-state index in [1.807, 2.05) is 0 Å². The maximum Gasteiger partial charge on any atom is 0.0740 e. The Morgan fingerprint density at radius 3 is 3.25 bits per heavy atom. The number of hydrogen-bond donors (Lipinski definition) is 1. The molecule has 8 heavy (non-hydrogen) atoms. The van der Waals surface area contributed by atoms with Gasteiger partial charge in [0, 0.05) is 25.6 Å². The Morgan fingerprint density at radius 1 is 1.38 bits per heavy atom. The van der Waals surface area contributed by atoms with Gasteiger partial charge in [-0.2, -0.15) is 0 Å². The summed E-state index contributed by atoms with van der Waals surface area (Å²) in [5.74, 6) is 0.843. The molecule has 2 aliphatic rings. The summed E-state index contributed by atoms with van der Waals surface area (Å²) >= 11 is 0. The van der Waals surface area contributed by atoms with Crippen LogP contribution in [0, 0.1) is 5.92 Å². The first kappa shape index (κ1) is 4.77. The van der Waals surface area contributed by atoms with Crippen molar-refractivity contribution < 1.29 is 4.74 Å². The van der Waals surface area contributed by atoms with E-state index in [0.717, 1.165) is 19.1 Å². The highest BCUT2D eigenvalue weighted by atomic mass is 16.5. The zero-order valence-corrected chi connectivity index (χ0v) is 4.89. The molecule has 2 heterocycles. The Labute approximate surface area is 49.2 Å². The fourth-order valence-corrected chi connectivity index (χ4v) is 1.56. The van der Waals surface area contributed by atoms with Crippen molar-refractivity contribution in [3.63, 3.8) is 0 Å². The molecule has 0 unspecified atom stereocenters. The molecule has 0 aliphatic carbocycles. The maximum absolute atomic E-state index is 5.41. The first-order valence-corrected chi connectivity index (χ1v) is 3.29. The van der Waals surface area contributed by atoms with Gasteiger partial charge in [0.2, 0.25) is 0 Å². The van der Waals surface area contributed by atoms with Crippen LogP contribution >= 0.6 is 0 Å². The normalized spacial score (nSPS) is 45.0. The number of fused-ring (bicyclic) bond motifs is 1. The van der Waals surface area contributed by atoms with Crippen LogP contribution in [-0.2, 0) is 4.74 Å². The quantitative estimate of drug-likeness (QED) is 0.477. The van der Waals surface area contributed by atoms with E-state index >= 15 is 0 Å². The smallest absolute Gasteiger partial charge is 0.0740 e. The number of ether oxygens (including phenoxy) is 1. The lowest BCUT2D eigenvalue weighted by Crippen LogP contribution is -2.14. The summed E-state index contributed by atoms with van der Waals surface area (Å²) in [6, 6.07) is 0. The molecule has 1 N–H and O–H groups in total. The van der Waals surface area contributed by atoms with Gasteiger partial charge in [-0.25, -0.2) is 0 Å². The van der Waals surface area contributed by atoms with Crippen molar-refractivity contribution in [2.24, 2.45) is 5.92 Å². The van der Waals surface area contributed by atoms with Crippen LogP contribution in [0.4, 0.5) is 0 Å². The van der Waals surface area contributed by atoms with Crippen molar-refractivity contribution in [2.45, 2.75) is 12.5 Å². The van der Waals surface area contributed by atoms with Crippen molar-refractivity contribution in [2.75, 3.05) is 19.7 Å². The van der Waals surface area contributed by atoms with E-state index in [9.17, 15) is 0 Å². The highest BCUT2D eigenvalue weighted by molar-refractivity contribution is 4.85. The van der Waals surface area contributed by atoms with Gasteiger partial charge in [-0.3, -0.25) is 0 Å².